The lowest BCUT2D eigenvalue weighted by atomic mass is 9.94. The zero-order valence-corrected chi connectivity index (χ0v) is 21.7. The highest BCUT2D eigenvalue weighted by Gasteiger charge is 2.46. The number of rotatable bonds is 9. The number of aliphatic hydroxyl groups is 1. The Balaban J connectivity index is 1.52. The number of fused-ring (bicyclic) bond motifs is 1. The van der Waals surface area contributed by atoms with Gasteiger partial charge in [0, 0.05) is 30.9 Å². The maximum absolute atomic E-state index is 13.4. The number of benzene rings is 2. The topological polar surface area (TPSA) is 89.0 Å². The maximum atomic E-state index is 13.4. The number of pyridine rings is 1. The summed E-state index contributed by atoms with van der Waals surface area (Å²) in [5.41, 5.74) is 3.03. The summed E-state index contributed by atoms with van der Waals surface area (Å²) < 4.78 is 11.6. The standard InChI is InChI=1S/C31H32N2O5/c1-3-4-5-15-37-25-11-8-22(9-12-25)28-27(29(34)23-10-13-26-24(17-23)16-20(2)38-26)30(35)31(36)33(28)19-21-7-6-14-32-18-21/h6-14,17-18,20,28,34H,3-5,15-16,19H2,1-2H3/t20-,28-/m1/s1. The first-order chi connectivity index (χ1) is 18.5. The van der Waals surface area contributed by atoms with E-state index in [9.17, 15) is 14.7 Å². The van der Waals surface area contributed by atoms with E-state index in [1.54, 1.807) is 30.6 Å². The van der Waals surface area contributed by atoms with Crippen LogP contribution in [0.2, 0.25) is 0 Å². The van der Waals surface area contributed by atoms with Crippen molar-refractivity contribution in [2.45, 2.75) is 58.2 Å². The molecule has 0 radical (unpaired) electrons. The van der Waals surface area contributed by atoms with Crippen LogP contribution in [0.15, 0.2) is 72.6 Å². The first-order valence-electron chi connectivity index (χ1n) is 13.2. The van der Waals surface area contributed by atoms with Gasteiger partial charge in [-0.3, -0.25) is 14.6 Å². The predicted molar refractivity (Wildman–Crippen MR) is 144 cm³/mol. The molecule has 7 heteroatoms. The number of nitrogens with zero attached hydrogens (tertiary/aromatic N) is 2. The van der Waals surface area contributed by atoms with E-state index in [0.717, 1.165) is 48.3 Å². The van der Waals surface area contributed by atoms with Crippen LogP contribution in [-0.2, 0) is 22.6 Å². The first kappa shape index (κ1) is 25.5. The van der Waals surface area contributed by atoms with Crippen LogP contribution >= 0.6 is 0 Å². The summed E-state index contributed by atoms with van der Waals surface area (Å²) in [6.07, 6.45) is 7.30. The number of hydrogen-bond acceptors (Lipinski definition) is 6. The van der Waals surface area contributed by atoms with Crippen molar-refractivity contribution in [3.05, 3.63) is 94.8 Å². The highest BCUT2D eigenvalue weighted by Crippen LogP contribution is 2.41. The molecule has 2 aromatic carbocycles. The number of ketones is 1. The lowest BCUT2D eigenvalue weighted by Crippen LogP contribution is -2.29. The smallest absolute Gasteiger partial charge is 0.295 e. The number of amides is 1. The fraction of sp³-hybridized carbons (Fsp3) is 0.323. The Morgan fingerprint density at radius 3 is 2.68 bits per heavy atom. The zero-order chi connectivity index (χ0) is 26.6. The summed E-state index contributed by atoms with van der Waals surface area (Å²) in [7, 11) is 0. The molecule has 3 aromatic rings. The Labute approximate surface area is 222 Å². The van der Waals surface area contributed by atoms with E-state index < -0.39 is 17.7 Å². The minimum atomic E-state index is -0.757. The first-order valence-corrected chi connectivity index (χ1v) is 13.2. The largest absolute Gasteiger partial charge is 0.507 e. The highest BCUT2D eigenvalue weighted by molar-refractivity contribution is 6.46. The number of ether oxygens (including phenoxy) is 2. The van der Waals surface area contributed by atoms with Crippen molar-refractivity contribution in [2.24, 2.45) is 0 Å². The summed E-state index contributed by atoms with van der Waals surface area (Å²) >= 11 is 0. The van der Waals surface area contributed by atoms with E-state index in [1.165, 1.54) is 4.90 Å². The van der Waals surface area contributed by atoms with Crippen LogP contribution in [-0.4, -0.2) is 39.4 Å². The molecule has 0 unspecified atom stereocenters. The van der Waals surface area contributed by atoms with Crippen LogP contribution in [0.1, 0.15) is 61.4 Å². The monoisotopic (exact) mass is 512 g/mol. The molecular weight excluding hydrogens is 480 g/mol. The Kier molecular flexibility index (Phi) is 7.45. The van der Waals surface area contributed by atoms with Gasteiger partial charge in [0.25, 0.3) is 11.7 Å². The molecule has 1 fully saturated rings. The van der Waals surface area contributed by atoms with Gasteiger partial charge in [0.05, 0.1) is 18.2 Å². The Morgan fingerprint density at radius 2 is 1.95 bits per heavy atom. The lowest BCUT2D eigenvalue weighted by molar-refractivity contribution is -0.140. The molecule has 1 N–H and O–H groups in total. The van der Waals surface area contributed by atoms with Crippen LogP contribution in [0.4, 0.5) is 0 Å². The van der Waals surface area contributed by atoms with Crippen LogP contribution in [0, 0.1) is 0 Å². The van der Waals surface area contributed by atoms with Gasteiger partial charge >= 0.3 is 0 Å². The third-order valence-electron chi connectivity index (χ3n) is 7.00. The molecule has 2 atom stereocenters. The number of likely N-dealkylation sites (tertiary alicyclic amines) is 1. The van der Waals surface area contributed by atoms with E-state index in [4.69, 9.17) is 9.47 Å². The van der Waals surface area contributed by atoms with E-state index >= 15 is 0 Å². The minimum absolute atomic E-state index is 0.0511. The normalized spacial score (nSPS) is 19.9. The average molecular weight is 513 g/mol. The molecule has 3 heterocycles. The maximum Gasteiger partial charge on any atom is 0.295 e. The van der Waals surface area contributed by atoms with Gasteiger partial charge in [-0.25, -0.2) is 0 Å². The number of carbonyl (C=O) groups is 2. The molecule has 0 saturated carbocycles. The van der Waals surface area contributed by atoms with Gasteiger partial charge in [-0.05, 0) is 66.4 Å². The fourth-order valence-electron chi connectivity index (χ4n) is 5.09. The van der Waals surface area contributed by atoms with Crippen LogP contribution in [0.3, 0.4) is 0 Å². The number of Topliss-reactive ketones (excluding diaryl/α,β-unsaturated/α-hetero) is 1. The molecule has 0 aliphatic carbocycles. The molecule has 0 bridgehead atoms. The van der Waals surface area contributed by atoms with Crippen molar-refractivity contribution in [2.75, 3.05) is 6.61 Å². The number of carbonyl (C=O) groups excluding carboxylic acids is 2. The van der Waals surface area contributed by atoms with Crippen molar-refractivity contribution in [1.29, 1.82) is 0 Å². The van der Waals surface area contributed by atoms with Gasteiger partial charge in [0.1, 0.15) is 23.4 Å². The summed E-state index contributed by atoms with van der Waals surface area (Å²) in [6, 6.07) is 15.7. The minimum Gasteiger partial charge on any atom is -0.507 e. The van der Waals surface area contributed by atoms with Gasteiger partial charge in [-0.15, -0.1) is 0 Å². The van der Waals surface area contributed by atoms with E-state index in [-0.39, 0.29) is 24.0 Å². The van der Waals surface area contributed by atoms with Crippen molar-refractivity contribution in [1.82, 2.24) is 9.88 Å². The van der Waals surface area contributed by atoms with Crippen molar-refractivity contribution < 1.29 is 24.2 Å². The number of unbranched alkanes of at least 4 members (excludes halogenated alkanes) is 2. The Bertz CT molecular complexity index is 1350. The zero-order valence-electron chi connectivity index (χ0n) is 21.7. The summed E-state index contributed by atoms with van der Waals surface area (Å²) in [4.78, 5) is 32.3. The van der Waals surface area contributed by atoms with E-state index in [0.29, 0.717) is 17.7 Å². The highest BCUT2D eigenvalue weighted by atomic mass is 16.5. The molecule has 1 saturated heterocycles. The fourth-order valence-corrected chi connectivity index (χ4v) is 5.09. The Hall–Kier alpha value is -4.13. The molecular formula is C31H32N2O5. The SMILES string of the molecule is CCCCCOc1ccc([C@@H]2C(=C(O)c3ccc4c(c3)C[C@@H](C)O4)C(=O)C(=O)N2Cc2cccnc2)cc1. The van der Waals surface area contributed by atoms with Crippen molar-refractivity contribution in [3.8, 4) is 11.5 Å². The summed E-state index contributed by atoms with van der Waals surface area (Å²) in [5.74, 6) is -0.0527. The molecule has 1 aromatic heterocycles. The molecule has 196 valence electrons. The molecule has 38 heavy (non-hydrogen) atoms. The third-order valence-corrected chi connectivity index (χ3v) is 7.00. The summed E-state index contributed by atoms with van der Waals surface area (Å²) in [6.45, 7) is 4.95. The van der Waals surface area contributed by atoms with Crippen molar-refractivity contribution in [3.63, 3.8) is 0 Å². The van der Waals surface area contributed by atoms with Gasteiger partial charge < -0.3 is 19.5 Å². The Morgan fingerprint density at radius 1 is 1.13 bits per heavy atom. The predicted octanol–water partition coefficient (Wildman–Crippen LogP) is 5.60. The van der Waals surface area contributed by atoms with Gasteiger partial charge in [-0.2, -0.15) is 0 Å². The number of aromatic nitrogens is 1. The second kappa shape index (κ2) is 11.1. The molecule has 7 nitrogen and oxygen atoms in total. The van der Waals surface area contributed by atoms with Crippen LogP contribution < -0.4 is 9.47 Å². The molecule has 0 spiro atoms. The summed E-state index contributed by atoms with van der Waals surface area (Å²) in [5, 5.41) is 11.4. The van der Waals surface area contributed by atoms with Crippen LogP contribution in [0.25, 0.3) is 5.76 Å². The van der Waals surface area contributed by atoms with Crippen molar-refractivity contribution >= 4 is 17.4 Å². The van der Waals surface area contributed by atoms with Gasteiger partial charge in [-0.1, -0.05) is 38.0 Å². The van der Waals surface area contributed by atoms with E-state index in [1.807, 2.05) is 43.3 Å². The second-order valence-electron chi connectivity index (χ2n) is 9.87. The molecule has 1 amide bonds. The number of hydrogen-bond donors (Lipinski definition) is 1. The third kappa shape index (κ3) is 5.14. The molecule has 2 aliphatic rings. The quantitative estimate of drug-likeness (QED) is 0.174. The second-order valence-corrected chi connectivity index (χ2v) is 9.87. The average Bonchev–Trinajstić information content (AvgIpc) is 3.43. The lowest BCUT2D eigenvalue weighted by Gasteiger charge is -2.25. The van der Waals surface area contributed by atoms with E-state index in [2.05, 4.69) is 11.9 Å². The number of aliphatic hydroxyl groups excluding tert-OH is 1. The molecule has 5 rings (SSSR count). The van der Waals surface area contributed by atoms with Gasteiger partial charge in [0.2, 0.25) is 0 Å². The van der Waals surface area contributed by atoms with Gasteiger partial charge in [0.15, 0.2) is 0 Å². The van der Waals surface area contributed by atoms with Crippen LogP contribution in [0.5, 0.6) is 11.5 Å². The molecule has 2 aliphatic heterocycles.